The fourth-order valence-corrected chi connectivity index (χ4v) is 4.35. The molecule has 2 heterocycles. The highest BCUT2D eigenvalue weighted by molar-refractivity contribution is 6.16. The smallest absolute Gasteiger partial charge is 0.136 e. The number of fused-ring (bicyclic) bond motifs is 3. The Morgan fingerprint density at radius 1 is 1.28 bits per heavy atom. The Balaban J connectivity index is 1.69. The Bertz CT molecular complexity index is 1150. The first-order chi connectivity index (χ1) is 14.1. The van der Waals surface area contributed by atoms with Gasteiger partial charge in [0.1, 0.15) is 5.82 Å². The molecular weight excluding hydrogens is 360 g/mol. The third kappa shape index (κ3) is 3.05. The molecular formula is C23H26N6. The average molecular weight is 387 g/mol. The van der Waals surface area contributed by atoms with E-state index in [4.69, 9.17) is 21.9 Å². The molecule has 0 unspecified atom stereocenters. The van der Waals surface area contributed by atoms with Crippen molar-refractivity contribution in [1.29, 1.82) is 5.41 Å². The summed E-state index contributed by atoms with van der Waals surface area (Å²) in [6, 6.07) is 6.58. The van der Waals surface area contributed by atoms with E-state index in [1.165, 1.54) is 38.1 Å². The van der Waals surface area contributed by atoms with E-state index >= 15 is 0 Å². The van der Waals surface area contributed by atoms with E-state index in [0.29, 0.717) is 17.3 Å². The summed E-state index contributed by atoms with van der Waals surface area (Å²) in [7, 11) is 0. The molecule has 2 aromatic heterocycles. The molecule has 1 aromatic carbocycles. The normalized spacial score (nSPS) is 17.2. The Hall–Kier alpha value is -3.28. The zero-order valence-corrected chi connectivity index (χ0v) is 16.3. The predicted octanol–water partition coefficient (Wildman–Crippen LogP) is 4.20. The molecule has 2 saturated carbocycles. The van der Waals surface area contributed by atoms with Gasteiger partial charge in [-0.1, -0.05) is 18.7 Å². The van der Waals surface area contributed by atoms with Gasteiger partial charge in [0.2, 0.25) is 0 Å². The van der Waals surface area contributed by atoms with Gasteiger partial charge in [-0.25, -0.2) is 4.98 Å². The number of rotatable bonds is 7. The van der Waals surface area contributed by atoms with Crippen LogP contribution >= 0.6 is 0 Å². The third-order valence-electron chi connectivity index (χ3n) is 6.20. The van der Waals surface area contributed by atoms with Gasteiger partial charge in [-0.05, 0) is 49.1 Å². The SMILES string of the molecule is C=C(N)c1cnc(NC(C2CC2)C2CC2)c2c1[nH]c1cc(/C(C=N)=C/N)ccc12. The van der Waals surface area contributed by atoms with Crippen molar-refractivity contribution < 1.29 is 0 Å². The van der Waals surface area contributed by atoms with Gasteiger partial charge in [0.05, 0.1) is 10.9 Å². The zero-order valence-electron chi connectivity index (χ0n) is 16.3. The van der Waals surface area contributed by atoms with E-state index in [1.54, 1.807) is 0 Å². The molecule has 3 aromatic rings. The van der Waals surface area contributed by atoms with Crippen molar-refractivity contribution in [2.75, 3.05) is 5.32 Å². The summed E-state index contributed by atoms with van der Waals surface area (Å²) in [4.78, 5) is 8.27. The van der Waals surface area contributed by atoms with Gasteiger partial charge in [-0.2, -0.15) is 0 Å². The molecule has 0 aliphatic heterocycles. The van der Waals surface area contributed by atoms with Crippen molar-refractivity contribution in [1.82, 2.24) is 9.97 Å². The molecule has 0 saturated heterocycles. The van der Waals surface area contributed by atoms with E-state index in [1.807, 2.05) is 18.3 Å². The molecule has 0 bridgehead atoms. The molecule has 148 valence electrons. The van der Waals surface area contributed by atoms with E-state index in [-0.39, 0.29) is 0 Å². The van der Waals surface area contributed by atoms with Gasteiger partial charge in [-0.15, -0.1) is 0 Å². The van der Waals surface area contributed by atoms with Crippen LogP contribution in [0.3, 0.4) is 0 Å². The molecule has 0 spiro atoms. The lowest BCUT2D eigenvalue weighted by atomic mass is 10.0. The van der Waals surface area contributed by atoms with Gasteiger partial charge in [0.15, 0.2) is 0 Å². The molecule has 2 aliphatic rings. The first-order valence-electron chi connectivity index (χ1n) is 10.2. The van der Waals surface area contributed by atoms with Crippen LogP contribution in [0.4, 0.5) is 5.82 Å². The van der Waals surface area contributed by atoms with Crippen molar-refractivity contribution in [2.45, 2.75) is 31.7 Å². The maximum absolute atomic E-state index is 7.57. The molecule has 2 fully saturated rings. The molecule has 7 N–H and O–H groups in total. The van der Waals surface area contributed by atoms with Gasteiger partial charge in [0, 0.05) is 52.4 Å². The van der Waals surface area contributed by atoms with Crippen LogP contribution in [0.5, 0.6) is 0 Å². The average Bonchev–Trinajstić information content (AvgIpc) is 3.63. The summed E-state index contributed by atoms with van der Waals surface area (Å²) in [5.74, 6) is 2.45. The number of nitrogens with two attached hydrogens (primary N) is 2. The van der Waals surface area contributed by atoms with Gasteiger partial charge in [-0.3, -0.25) is 0 Å². The number of allylic oxidation sites excluding steroid dienone is 1. The van der Waals surface area contributed by atoms with Crippen molar-refractivity contribution in [3.05, 3.63) is 48.3 Å². The highest BCUT2D eigenvalue weighted by Gasteiger charge is 2.41. The molecule has 0 radical (unpaired) electrons. The van der Waals surface area contributed by atoms with Crippen LogP contribution < -0.4 is 16.8 Å². The summed E-state index contributed by atoms with van der Waals surface area (Å²) in [6.45, 7) is 3.93. The summed E-state index contributed by atoms with van der Waals surface area (Å²) in [6.07, 6.45) is 9.76. The molecule has 2 aliphatic carbocycles. The third-order valence-corrected chi connectivity index (χ3v) is 6.20. The van der Waals surface area contributed by atoms with Crippen molar-refractivity contribution in [3.8, 4) is 0 Å². The Labute approximate surface area is 169 Å². The lowest BCUT2D eigenvalue weighted by Crippen LogP contribution is -2.25. The van der Waals surface area contributed by atoms with Gasteiger partial charge in [0.25, 0.3) is 0 Å². The summed E-state index contributed by atoms with van der Waals surface area (Å²) in [5, 5.41) is 13.5. The molecule has 0 atom stereocenters. The standard InChI is InChI=1S/C23H26N6/c1-12(26)18-11-27-23(29-21(13-2-3-13)14-4-5-14)20-17-7-6-15(16(9-24)10-25)8-19(17)28-22(18)20/h6-11,13-14,21,24,28H,1-5,25-26H2,(H,27,29)/b16-10+,24-9?. The van der Waals surface area contributed by atoms with Crippen LogP contribution in [-0.2, 0) is 0 Å². The van der Waals surface area contributed by atoms with Crippen molar-refractivity contribution in [3.63, 3.8) is 0 Å². The monoisotopic (exact) mass is 386 g/mol. The Morgan fingerprint density at radius 2 is 2.00 bits per heavy atom. The highest BCUT2D eigenvalue weighted by Crippen LogP contribution is 2.46. The number of hydrogen-bond donors (Lipinski definition) is 5. The second-order valence-electron chi connectivity index (χ2n) is 8.29. The highest BCUT2D eigenvalue weighted by atomic mass is 15.0. The molecule has 29 heavy (non-hydrogen) atoms. The van der Waals surface area contributed by atoms with Crippen LogP contribution in [-0.4, -0.2) is 22.2 Å². The topological polar surface area (TPSA) is 117 Å². The Morgan fingerprint density at radius 3 is 2.59 bits per heavy atom. The largest absolute Gasteiger partial charge is 0.404 e. The number of nitrogens with one attached hydrogen (secondary N) is 3. The summed E-state index contributed by atoms with van der Waals surface area (Å²) >= 11 is 0. The quantitative estimate of drug-likeness (QED) is 0.391. The lowest BCUT2D eigenvalue weighted by molar-refractivity contribution is 0.566. The number of benzene rings is 1. The molecule has 6 nitrogen and oxygen atoms in total. The minimum absolute atomic E-state index is 0.490. The molecule has 0 amide bonds. The van der Waals surface area contributed by atoms with E-state index in [2.05, 4.69) is 22.9 Å². The molecule has 5 rings (SSSR count). The van der Waals surface area contributed by atoms with Crippen LogP contribution in [0.25, 0.3) is 33.1 Å². The van der Waals surface area contributed by atoms with E-state index < -0.39 is 0 Å². The van der Waals surface area contributed by atoms with Crippen LogP contribution in [0.15, 0.2) is 37.2 Å². The van der Waals surface area contributed by atoms with Gasteiger partial charge >= 0.3 is 0 Å². The first kappa shape index (κ1) is 17.8. The van der Waals surface area contributed by atoms with Crippen LogP contribution in [0, 0.1) is 17.2 Å². The predicted molar refractivity (Wildman–Crippen MR) is 121 cm³/mol. The maximum atomic E-state index is 7.57. The van der Waals surface area contributed by atoms with Crippen molar-refractivity contribution >= 4 is 45.1 Å². The van der Waals surface area contributed by atoms with E-state index in [9.17, 15) is 0 Å². The summed E-state index contributed by atoms with van der Waals surface area (Å²) in [5.41, 5.74) is 16.5. The minimum atomic E-state index is 0.490. The molecule has 6 heteroatoms. The number of aromatic amines is 1. The second-order valence-corrected chi connectivity index (χ2v) is 8.29. The fourth-order valence-electron chi connectivity index (χ4n) is 4.35. The van der Waals surface area contributed by atoms with Crippen LogP contribution in [0.1, 0.15) is 36.8 Å². The minimum Gasteiger partial charge on any atom is -0.404 e. The maximum Gasteiger partial charge on any atom is 0.136 e. The number of anilines is 1. The number of aromatic nitrogens is 2. The zero-order chi connectivity index (χ0) is 20.1. The Kier molecular flexibility index (Phi) is 4.08. The second kappa shape index (κ2) is 6.65. The van der Waals surface area contributed by atoms with Crippen LogP contribution in [0.2, 0.25) is 0 Å². The number of hydrogen-bond acceptors (Lipinski definition) is 5. The summed E-state index contributed by atoms with van der Waals surface area (Å²) < 4.78 is 0. The fraction of sp³-hybridized carbons (Fsp3) is 0.304. The van der Waals surface area contributed by atoms with Crippen molar-refractivity contribution in [2.24, 2.45) is 23.3 Å². The number of pyridine rings is 1. The lowest BCUT2D eigenvalue weighted by Gasteiger charge is -2.19. The number of H-pyrrole nitrogens is 1. The number of nitrogens with zero attached hydrogens (tertiary/aromatic N) is 1. The van der Waals surface area contributed by atoms with Gasteiger partial charge < -0.3 is 27.2 Å². The first-order valence-corrected chi connectivity index (χ1v) is 10.2. The van der Waals surface area contributed by atoms with E-state index in [0.717, 1.165) is 50.6 Å².